The Labute approximate surface area is 105 Å². The van der Waals surface area contributed by atoms with Crippen LogP contribution in [0.1, 0.15) is 6.42 Å². The fourth-order valence-corrected chi connectivity index (χ4v) is 2.23. The molecule has 16 heavy (non-hydrogen) atoms. The first-order valence-electron chi connectivity index (χ1n) is 5.15. The van der Waals surface area contributed by atoms with Crippen molar-refractivity contribution in [2.45, 2.75) is 11.4 Å². The van der Waals surface area contributed by atoms with Gasteiger partial charge in [0.05, 0.1) is 0 Å². The standard InChI is InChI=1S/C10H17N3OS2/c1-15-10-7-9(12-8-13-10)11-3-6-16-5-2-4-14/h7-8,14H,2-6H2,1H3,(H,11,12,13). The predicted molar refractivity (Wildman–Crippen MR) is 71.3 cm³/mol. The lowest BCUT2D eigenvalue weighted by Crippen LogP contribution is -2.06. The Bertz CT molecular complexity index is 299. The van der Waals surface area contributed by atoms with Crippen LogP contribution in [0.5, 0.6) is 0 Å². The molecule has 6 heteroatoms. The lowest BCUT2D eigenvalue weighted by Gasteiger charge is -2.05. The zero-order valence-electron chi connectivity index (χ0n) is 9.35. The largest absolute Gasteiger partial charge is 0.396 e. The van der Waals surface area contributed by atoms with Crippen molar-refractivity contribution >= 4 is 29.3 Å². The second-order valence-corrected chi connectivity index (χ2v) is 5.11. The Morgan fingerprint density at radius 2 is 2.25 bits per heavy atom. The van der Waals surface area contributed by atoms with E-state index in [9.17, 15) is 0 Å². The van der Waals surface area contributed by atoms with E-state index in [4.69, 9.17) is 5.11 Å². The lowest BCUT2D eigenvalue weighted by atomic mass is 10.5. The zero-order valence-corrected chi connectivity index (χ0v) is 11.0. The Morgan fingerprint density at radius 3 is 3.00 bits per heavy atom. The predicted octanol–water partition coefficient (Wildman–Crippen LogP) is 1.73. The SMILES string of the molecule is CSc1cc(NCCSCCCO)ncn1. The molecule has 0 radical (unpaired) electrons. The molecule has 1 aromatic heterocycles. The minimum absolute atomic E-state index is 0.281. The van der Waals surface area contributed by atoms with Crippen LogP contribution in [0.25, 0.3) is 0 Å². The molecule has 4 nitrogen and oxygen atoms in total. The fraction of sp³-hybridized carbons (Fsp3) is 0.600. The first-order valence-corrected chi connectivity index (χ1v) is 7.53. The molecule has 0 aliphatic carbocycles. The van der Waals surface area contributed by atoms with E-state index in [0.717, 1.165) is 35.3 Å². The highest BCUT2D eigenvalue weighted by molar-refractivity contribution is 7.99. The molecule has 1 rings (SSSR count). The quantitative estimate of drug-likeness (QED) is 0.421. The maximum atomic E-state index is 8.61. The van der Waals surface area contributed by atoms with Gasteiger partial charge in [0.2, 0.25) is 0 Å². The van der Waals surface area contributed by atoms with Gasteiger partial charge < -0.3 is 10.4 Å². The summed E-state index contributed by atoms with van der Waals surface area (Å²) in [6.07, 6.45) is 4.44. The van der Waals surface area contributed by atoms with E-state index in [0.29, 0.717) is 0 Å². The summed E-state index contributed by atoms with van der Waals surface area (Å²) in [6.45, 7) is 1.17. The number of aliphatic hydroxyl groups is 1. The van der Waals surface area contributed by atoms with Crippen molar-refractivity contribution in [2.75, 3.05) is 36.2 Å². The third-order valence-electron chi connectivity index (χ3n) is 1.85. The molecule has 1 aromatic rings. The van der Waals surface area contributed by atoms with Gasteiger partial charge in [0, 0.05) is 25.0 Å². The molecule has 0 saturated carbocycles. The third-order valence-corrected chi connectivity index (χ3v) is 3.56. The molecule has 0 aromatic carbocycles. The Morgan fingerprint density at radius 1 is 1.38 bits per heavy atom. The summed E-state index contributed by atoms with van der Waals surface area (Å²) in [5.41, 5.74) is 0. The maximum absolute atomic E-state index is 8.61. The number of aliphatic hydroxyl groups excluding tert-OH is 1. The van der Waals surface area contributed by atoms with Crippen LogP contribution < -0.4 is 5.32 Å². The molecule has 90 valence electrons. The molecule has 0 atom stereocenters. The van der Waals surface area contributed by atoms with E-state index in [1.807, 2.05) is 24.1 Å². The third kappa shape index (κ3) is 5.58. The van der Waals surface area contributed by atoms with Gasteiger partial charge in [-0.25, -0.2) is 9.97 Å². The van der Waals surface area contributed by atoms with Crippen LogP contribution in [-0.2, 0) is 0 Å². The van der Waals surface area contributed by atoms with Gasteiger partial charge in [-0.15, -0.1) is 11.8 Å². The number of hydrogen-bond donors (Lipinski definition) is 2. The van der Waals surface area contributed by atoms with Crippen molar-refractivity contribution in [1.82, 2.24) is 9.97 Å². The average molecular weight is 259 g/mol. The zero-order chi connectivity index (χ0) is 11.6. The highest BCUT2D eigenvalue weighted by Crippen LogP contribution is 2.13. The lowest BCUT2D eigenvalue weighted by molar-refractivity contribution is 0.296. The fourth-order valence-electron chi connectivity index (χ4n) is 1.07. The molecule has 0 unspecified atom stereocenters. The number of rotatable bonds is 8. The van der Waals surface area contributed by atoms with Crippen LogP contribution in [-0.4, -0.2) is 46.0 Å². The first kappa shape index (κ1) is 13.6. The molecule has 2 N–H and O–H groups in total. The van der Waals surface area contributed by atoms with Gasteiger partial charge in [-0.3, -0.25) is 0 Å². The van der Waals surface area contributed by atoms with Gasteiger partial charge in [0.25, 0.3) is 0 Å². The second-order valence-electron chi connectivity index (χ2n) is 3.06. The highest BCUT2D eigenvalue weighted by atomic mass is 32.2. The van der Waals surface area contributed by atoms with Crippen LogP contribution in [0.2, 0.25) is 0 Å². The summed E-state index contributed by atoms with van der Waals surface area (Å²) in [6, 6.07) is 1.95. The van der Waals surface area contributed by atoms with Crippen molar-refractivity contribution in [3.8, 4) is 0 Å². The molecule has 0 amide bonds. The van der Waals surface area contributed by atoms with Crippen LogP contribution in [0.15, 0.2) is 17.4 Å². The minimum Gasteiger partial charge on any atom is -0.396 e. The highest BCUT2D eigenvalue weighted by Gasteiger charge is 1.96. The van der Waals surface area contributed by atoms with Crippen molar-refractivity contribution in [3.05, 3.63) is 12.4 Å². The number of anilines is 1. The summed E-state index contributed by atoms with van der Waals surface area (Å²) in [5.74, 6) is 2.92. The molecule has 0 bridgehead atoms. The van der Waals surface area contributed by atoms with Gasteiger partial charge in [0.15, 0.2) is 0 Å². The van der Waals surface area contributed by atoms with Crippen molar-refractivity contribution in [3.63, 3.8) is 0 Å². The molecule has 0 spiro atoms. The summed E-state index contributed by atoms with van der Waals surface area (Å²) in [7, 11) is 0. The second kappa shape index (κ2) is 8.66. The molecule has 0 saturated heterocycles. The Kier molecular flexibility index (Phi) is 7.37. The van der Waals surface area contributed by atoms with Crippen LogP contribution in [0, 0.1) is 0 Å². The summed E-state index contributed by atoms with van der Waals surface area (Å²) in [4.78, 5) is 8.24. The minimum atomic E-state index is 0.281. The molecular weight excluding hydrogens is 242 g/mol. The molecule has 0 aliphatic rings. The average Bonchev–Trinajstić information content (AvgIpc) is 2.34. The smallest absolute Gasteiger partial charge is 0.130 e. The van der Waals surface area contributed by atoms with Crippen LogP contribution >= 0.6 is 23.5 Å². The molecule has 0 fully saturated rings. The van der Waals surface area contributed by atoms with Crippen molar-refractivity contribution in [1.29, 1.82) is 0 Å². The van der Waals surface area contributed by atoms with Crippen LogP contribution in [0.3, 0.4) is 0 Å². The maximum Gasteiger partial charge on any atom is 0.130 e. The Hall–Kier alpha value is -0.460. The first-order chi connectivity index (χ1) is 7.86. The van der Waals surface area contributed by atoms with E-state index >= 15 is 0 Å². The molecular formula is C10H17N3OS2. The monoisotopic (exact) mass is 259 g/mol. The number of thioether (sulfide) groups is 2. The number of nitrogens with zero attached hydrogens (tertiary/aromatic N) is 2. The van der Waals surface area contributed by atoms with E-state index in [1.54, 1.807) is 18.1 Å². The normalized spacial score (nSPS) is 10.4. The van der Waals surface area contributed by atoms with Gasteiger partial charge in [0.1, 0.15) is 17.2 Å². The summed E-state index contributed by atoms with van der Waals surface area (Å²) < 4.78 is 0. The van der Waals surface area contributed by atoms with Gasteiger partial charge in [-0.05, 0) is 18.4 Å². The number of hydrogen-bond acceptors (Lipinski definition) is 6. The van der Waals surface area contributed by atoms with Gasteiger partial charge in [-0.2, -0.15) is 11.8 Å². The Balaban J connectivity index is 2.16. The van der Waals surface area contributed by atoms with Gasteiger partial charge >= 0.3 is 0 Å². The summed E-state index contributed by atoms with van der Waals surface area (Å²) >= 11 is 3.45. The number of nitrogens with one attached hydrogen (secondary N) is 1. The van der Waals surface area contributed by atoms with E-state index in [-0.39, 0.29) is 6.61 Å². The van der Waals surface area contributed by atoms with Crippen molar-refractivity contribution in [2.24, 2.45) is 0 Å². The van der Waals surface area contributed by atoms with E-state index in [2.05, 4.69) is 15.3 Å². The number of aromatic nitrogens is 2. The van der Waals surface area contributed by atoms with E-state index < -0.39 is 0 Å². The van der Waals surface area contributed by atoms with E-state index in [1.165, 1.54) is 0 Å². The van der Waals surface area contributed by atoms with Crippen LogP contribution in [0.4, 0.5) is 5.82 Å². The topological polar surface area (TPSA) is 58.0 Å². The van der Waals surface area contributed by atoms with Gasteiger partial charge in [-0.1, -0.05) is 0 Å². The van der Waals surface area contributed by atoms with Crippen molar-refractivity contribution < 1.29 is 5.11 Å². The molecule has 0 aliphatic heterocycles. The summed E-state index contributed by atoms with van der Waals surface area (Å²) in [5, 5.41) is 12.8. The molecule has 1 heterocycles.